The zero-order chi connectivity index (χ0) is 15.5. The predicted molar refractivity (Wildman–Crippen MR) is 87.1 cm³/mol. The number of fused-ring (bicyclic) bond motifs is 1. The van der Waals surface area contributed by atoms with E-state index in [2.05, 4.69) is 15.3 Å². The number of benzene rings is 1. The van der Waals surface area contributed by atoms with Gasteiger partial charge in [-0.05, 0) is 12.0 Å². The van der Waals surface area contributed by atoms with Crippen molar-refractivity contribution in [3.05, 3.63) is 57.2 Å². The van der Waals surface area contributed by atoms with Crippen molar-refractivity contribution >= 4 is 33.4 Å². The standard InChI is InChI=1S/C15H14N4O2S/c16-15-18-11-10(8-22-12(11)14(21)19-15)13(20)17-7-6-9-4-2-1-3-5-9/h1-5,8H,6-7H2,(H,17,20)(H3,16,18,19,21). The molecule has 7 heteroatoms. The molecule has 0 atom stereocenters. The number of thiophene rings is 1. The van der Waals surface area contributed by atoms with Gasteiger partial charge in [0.2, 0.25) is 5.95 Å². The van der Waals surface area contributed by atoms with Crippen molar-refractivity contribution in [3.8, 4) is 0 Å². The average molecular weight is 314 g/mol. The number of nitrogens with zero attached hydrogens (tertiary/aromatic N) is 1. The van der Waals surface area contributed by atoms with Crippen molar-refractivity contribution in [1.29, 1.82) is 0 Å². The first-order valence-corrected chi connectivity index (χ1v) is 7.62. The highest BCUT2D eigenvalue weighted by atomic mass is 32.1. The second-order valence-electron chi connectivity index (χ2n) is 4.77. The van der Waals surface area contributed by atoms with Crippen LogP contribution in [-0.4, -0.2) is 22.4 Å². The van der Waals surface area contributed by atoms with Crippen LogP contribution in [0.1, 0.15) is 15.9 Å². The van der Waals surface area contributed by atoms with E-state index in [1.54, 1.807) is 5.38 Å². The zero-order valence-electron chi connectivity index (χ0n) is 11.6. The van der Waals surface area contributed by atoms with Gasteiger partial charge in [-0.3, -0.25) is 14.6 Å². The first-order valence-electron chi connectivity index (χ1n) is 6.74. The molecule has 2 heterocycles. The summed E-state index contributed by atoms with van der Waals surface area (Å²) in [6, 6.07) is 9.89. The van der Waals surface area contributed by atoms with Gasteiger partial charge in [0.05, 0.1) is 5.56 Å². The van der Waals surface area contributed by atoms with E-state index in [0.717, 1.165) is 12.0 Å². The minimum atomic E-state index is -0.323. The minimum Gasteiger partial charge on any atom is -0.369 e. The third-order valence-corrected chi connectivity index (χ3v) is 4.20. The Morgan fingerprint density at radius 2 is 2.09 bits per heavy atom. The smallest absolute Gasteiger partial charge is 0.270 e. The summed E-state index contributed by atoms with van der Waals surface area (Å²) in [7, 11) is 0. The van der Waals surface area contributed by atoms with Crippen LogP contribution in [0.25, 0.3) is 10.2 Å². The van der Waals surface area contributed by atoms with E-state index < -0.39 is 0 Å². The van der Waals surface area contributed by atoms with Crippen molar-refractivity contribution < 1.29 is 4.79 Å². The monoisotopic (exact) mass is 314 g/mol. The molecule has 2 aromatic heterocycles. The molecule has 1 aromatic carbocycles. The molecule has 0 aliphatic carbocycles. The van der Waals surface area contributed by atoms with Crippen molar-refractivity contribution in [2.45, 2.75) is 6.42 Å². The molecular formula is C15H14N4O2S. The molecule has 6 nitrogen and oxygen atoms in total. The Kier molecular flexibility index (Phi) is 3.88. The van der Waals surface area contributed by atoms with Crippen LogP contribution >= 0.6 is 11.3 Å². The van der Waals surface area contributed by atoms with Gasteiger partial charge in [0.25, 0.3) is 11.5 Å². The summed E-state index contributed by atoms with van der Waals surface area (Å²) in [6.45, 7) is 0.513. The number of aromatic amines is 1. The Bertz CT molecular complexity index is 870. The van der Waals surface area contributed by atoms with Crippen LogP contribution in [0.5, 0.6) is 0 Å². The number of H-pyrrole nitrogens is 1. The SMILES string of the molecule is Nc1nc2c(C(=O)NCCc3ccccc3)csc2c(=O)[nH]1. The van der Waals surface area contributed by atoms with E-state index in [4.69, 9.17) is 5.73 Å². The summed E-state index contributed by atoms with van der Waals surface area (Å²) in [4.78, 5) is 30.4. The van der Waals surface area contributed by atoms with Crippen LogP contribution in [0.2, 0.25) is 0 Å². The van der Waals surface area contributed by atoms with Crippen LogP contribution in [0.4, 0.5) is 5.95 Å². The maximum Gasteiger partial charge on any atom is 0.270 e. The molecule has 0 aliphatic rings. The highest BCUT2D eigenvalue weighted by molar-refractivity contribution is 7.17. The maximum absolute atomic E-state index is 12.2. The molecule has 3 rings (SSSR count). The lowest BCUT2D eigenvalue weighted by Gasteiger charge is -2.04. The van der Waals surface area contributed by atoms with E-state index in [0.29, 0.717) is 22.3 Å². The number of carbonyl (C=O) groups is 1. The summed E-state index contributed by atoms with van der Waals surface area (Å²) in [5.41, 5.74) is 7.09. The lowest BCUT2D eigenvalue weighted by molar-refractivity contribution is 0.0956. The number of rotatable bonds is 4. The van der Waals surface area contributed by atoms with Gasteiger partial charge in [0, 0.05) is 11.9 Å². The number of aromatic nitrogens is 2. The quantitative estimate of drug-likeness (QED) is 0.680. The highest BCUT2D eigenvalue weighted by Crippen LogP contribution is 2.21. The molecule has 112 valence electrons. The van der Waals surface area contributed by atoms with E-state index in [1.807, 2.05) is 30.3 Å². The molecule has 0 radical (unpaired) electrons. The molecule has 0 fully saturated rings. The number of amides is 1. The molecule has 0 bridgehead atoms. The van der Waals surface area contributed by atoms with Crippen LogP contribution in [0, 0.1) is 0 Å². The Morgan fingerprint density at radius 1 is 1.32 bits per heavy atom. The van der Waals surface area contributed by atoms with E-state index >= 15 is 0 Å². The molecule has 0 aliphatic heterocycles. The van der Waals surface area contributed by atoms with Crippen LogP contribution in [0.15, 0.2) is 40.5 Å². The van der Waals surface area contributed by atoms with Crippen molar-refractivity contribution in [2.24, 2.45) is 0 Å². The molecular weight excluding hydrogens is 300 g/mol. The Morgan fingerprint density at radius 3 is 2.86 bits per heavy atom. The van der Waals surface area contributed by atoms with Gasteiger partial charge < -0.3 is 11.1 Å². The number of nitrogens with two attached hydrogens (primary N) is 1. The Balaban J connectivity index is 1.74. The van der Waals surface area contributed by atoms with Gasteiger partial charge in [-0.2, -0.15) is 0 Å². The lowest BCUT2D eigenvalue weighted by Crippen LogP contribution is -2.25. The first kappa shape index (κ1) is 14.3. The predicted octanol–water partition coefficient (Wildman–Crippen LogP) is 1.54. The van der Waals surface area contributed by atoms with E-state index in [1.165, 1.54) is 11.3 Å². The number of carbonyl (C=O) groups excluding carboxylic acids is 1. The molecule has 4 N–H and O–H groups in total. The number of nitrogens with one attached hydrogen (secondary N) is 2. The van der Waals surface area contributed by atoms with Crippen LogP contribution < -0.4 is 16.6 Å². The fourth-order valence-electron chi connectivity index (χ4n) is 2.17. The fourth-order valence-corrected chi connectivity index (χ4v) is 3.05. The molecule has 3 aromatic rings. The fraction of sp³-hybridized carbons (Fsp3) is 0.133. The van der Waals surface area contributed by atoms with Crippen molar-refractivity contribution in [3.63, 3.8) is 0 Å². The highest BCUT2D eigenvalue weighted by Gasteiger charge is 2.15. The second-order valence-corrected chi connectivity index (χ2v) is 5.65. The third-order valence-electron chi connectivity index (χ3n) is 3.23. The number of nitrogen functional groups attached to an aromatic ring is 1. The average Bonchev–Trinajstić information content (AvgIpc) is 2.92. The Hall–Kier alpha value is -2.67. The Labute approximate surface area is 130 Å². The topological polar surface area (TPSA) is 101 Å². The van der Waals surface area contributed by atoms with E-state index in [-0.39, 0.29) is 17.4 Å². The number of anilines is 1. The van der Waals surface area contributed by atoms with Gasteiger partial charge in [-0.1, -0.05) is 30.3 Å². The largest absolute Gasteiger partial charge is 0.369 e. The molecule has 1 amide bonds. The minimum absolute atomic E-state index is 0.00855. The maximum atomic E-state index is 12.2. The summed E-state index contributed by atoms with van der Waals surface area (Å²) in [5, 5.41) is 4.47. The molecule has 0 spiro atoms. The zero-order valence-corrected chi connectivity index (χ0v) is 12.4. The summed E-state index contributed by atoms with van der Waals surface area (Å²) in [6.07, 6.45) is 0.741. The second kappa shape index (κ2) is 5.98. The van der Waals surface area contributed by atoms with Gasteiger partial charge in [0.1, 0.15) is 10.2 Å². The summed E-state index contributed by atoms with van der Waals surface area (Å²) < 4.78 is 0.405. The first-order chi connectivity index (χ1) is 10.6. The van der Waals surface area contributed by atoms with Gasteiger partial charge in [0.15, 0.2) is 0 Å². The molecule has 0 unspecified atom stereocenters. The normalized spacial score (nSPS) is 10.7. The molecule has 0 saturated heterocycles. The molecule has 0 saturated carbocycles. The van der Waals surface area contributed by atoms with Crippen molar-refractivity contribution in [1.82, 2.24) is 15.3 Å². The third kappa shape index (κ3) is 2.84. The van der Waals surface area contributed by atoms with Crippen molar-refractivity contribution in [2.75, 3.05) is 12.3 Å². The van der Waals surface area contributed by atoms with Crippen LogP contribution in [-0.2, 0) is 6.42 Å². The van der Waals surface area contributed by atoms with Crippen LogP contribution in [0.3, 0.4) is 0 Å². The lowest BCUT2D eigenvalue weighted by atomic mass is 10.1. The van der Waals surface area contributed by atoms with Gasteiger partial charge >= 0.3 is 0 Å². The number of hydrogen-bond donors (Lipinski definition) is 3. The van der Waals surface area contributed by atoms with E-state index in [9.17, 15) is 9.59 Å². The number of hydrogen-bond acceptors (Lipinski definition) is 5. The van der Waals surface area contributed by atoms with Gasteiger partial charge in [-0.15, -0.1) is 11.3 Å². The van der Waals surface area contributed by atoms with Gasteiger partial charge in [-0.25, -0.2) is 4.98 Å². The molecule has 22 heavy (non-hydrogen) atoms. The summed E-state index contributed by atoms with van der Waals surface area (Å²) in [5.74, 6) is -0.242. The summed E-state index contributed by atoms with van der Waals surface area (Å²) >= 11 is 1.18.